The van der Waals surface area contributed by atoms with Gasteiger partial charge < -0.3 is 9.47 Å². The van der Waals surface area contributed by atoms with Gasteiger partial charge in [0, 0.05) is 38.9 Å². The van der Waals surface area contributed by atoms with Gasteiger partial charge >= 0.3 is 0 Å². The quantitative estimate of drug-likeness (QED) is 0.744. The lowest BCUT2D eigenvalue weighted by Crippen LogP contribution is -2.47. The van der Waals surface area contributed by atoms with Gasteiger partial charge in [-0.2, -0.15) is 0 Å². The molecule has 0 aromatic carbocycles. The fraction of sp³-hybridized carbons (Fsp3) is 0.941. The number of carbonyl (C=O) groups excluding carboxylic acids is 1. The van der Waals surface area contributed by atoms with Crippen molar-refractivity contribution in [3.63, 3.8) is 0 Å². The molecule has 6 atom stereocenters. The van der Waals surface area contributed by atoms with Gasteiger partial charge in [-0.1, -0.05) is 20.3 Å². The summed E-state index contributed by atoms with van der Waals surface area (Å²) in [5, 5.41) is 0. The van der Waals surface area contributed by atoms with Crippen LogP contribution in [0.1, 0.15) is 46.0 Å². The van der Waals surface area contributed by atoms with E-state index in [1.807, 2.05) is 0 Å². The predicted molar refractivity (Wildman–Crippen MR) is 77.1 cm³/mol. The van der Waals surface area contributed by atoms with Crippen molar-refractivity contribution in [2.75, 3.05) is 14.2 Å². The zero-order chi connectivity index (χ0) is 14.5. The molecule has 3 rings (SSSR count). The molecule has 3 aliphatic rings. The minimum Gasteiger partial charge on any atom is -0.353 e. The molecule has 0 aromatic rings. The van der Waals surface area contributed by atoms with E-state index in [0.29, 0.717) is 41.8 Å². The first kappa shape index (κ1) is 14.5. The summed E-state index contributed by atoms with van der Waals surface area (Å²) >= 11 is 0. The lowest BCUT2D eigenvalue weighted by molar-refractivity contribution is -0.237. The Kier molecular flexibility index (Phi) is 3.70. The van der Waals surface area contributed by atoms with Gasteiger partial charge in [0.25, 0.3) is 0 Å². The summed E-state index contributed by atoms with van der Waals surface area (Å²) in [6.45, 7) is 4.58. The SMILES string of the molecule is CC[C@@H]1[C@H]2C(=O)C[C@H]3[C@H](CCC3(OC)OC)[C@H]2C[C@@H]1C. The van der Waals surface area contributed by atoms with Crippen molar-refractivity contribution < 1.29 is 14.3 Å². The first-order chi connectivity index (χ1) is 9.57. The molecule has 0 aromatic heterocycles. The Morgan fingerprint density at radius 2 is 1.95 bits per heavy atom. The highest BCUT2D eigenvalue weighted by atomic mass is 16.7. The van der Waals surface area contributed by atoms with Crippen LogP contribution in [0, 0.1) is 35.5 Å². The minimum atomic E-state index is -0.501. The minimum absolute atomic E-state index is 0.272. The van der Waals surface area contributed by atoms with Crippen molar-refractivity contribution in [2.45, 2.75) is 51.7 Å². The fourth-order valence-electron chi connectivity index (χ4n) is 5.84. The molecule has 3 fully saturated rings. The Labute approximate surface area is 122 Å². The van der Waals surface area contributed by atoms with Gasteiger partial charge in [0.15, 0.2) is 5.79 Å². The Hall–Kier alpha value is -0.410. The number of ether oxygens (including phenoxy) is 2. The van der Waals surface area contributed by atoms with E-state index >= 15 is 0 Å². The summed E-state index contributed by atoms with van der Waals surface area (Å²) in [6.07, 6.45) is 5.13. The number of hydrogen-bond acceptors (Lipinski definition) is 3. The number of Topliss-reactive ketones (excluding diaryl/α,β-unsaturated/α-hetero) is 1. The smallest absolute Gasteiger partial charge is 0.171 e. The van der Waals surface area contributed by atoms with Gasteiger partial charge in [0.1, 0.15) is 5.78 Å². The number of carbonyl (C=O) groups is 1. The Morgan fingerprint density at radius 1 is 1.25 bits per heavy atom. The number of rotatable bonds is 3. The third kappa shape index (κ3) is 1.82. The molecule has 0 bridgehead atoms. The fourth-order valence-corrected chi connectivity index (χ4v) is 5.84. The van der Waals surface area contributed by atoms with Crippen LogP contribution >= 0.6 is 0 Å². The monoisotopic (exact) mass is 280 g/mol. The van der Waals surface area contributed by atoms with Crippen LogP contribution in [0.25, 0.3) is 0 Å². The van der Waals surface area contributed by atoms with Crippen molar-refractivity contribution in [1.82, 2.24) is 0 Å². The van der Waals surface area contributed by atoms with E-state index in [9.17, 15) is 4.79 Å². The summed E-state index contributed by atoms with van der Waals surface area (Å²) in [5.74, 6) is 3.07. The molecule has 3 nitrogen and oxygen atoms in total. The van der Waals surface area contributed by atoms with Crippen molar-refractivity contribution >= 4 is 5.78 Å². The van der Waals surface area contributed by atoms with E-state index in [1.54, 1.807) is 14.2 Å². The molecule has 0 aliphatic heterocycles. The first-order valence-electron chi connectivity index (χ1n) is 8.21. The second kappa shape index (κ2) is 5.10. The van der Waals surface area contributed by atoms with Gasteiger partial charge in [-0.25, -0.2) is 0 Å². The highest BCUT2D eigenvalue weighted by molar-refractivity contribution is 5.83. The van der Waals surface area contributed by atoms with Crippen molar-refractivity contribution in [2.24, 2.45) is 35.5 Å². The molecule has 0 unspecified atom stereocenters. The summed E-state index contributed by atoms with van der Waals surface area (Å²) in [5.41, 5.74) is 0. The lowest BCUT2D eigenvalue weighted by Gasteiger charge is -2.42. The van der Waals surface area contributed by atoms with E-state index in [1.165, 1.54) is 6.42 Å². The van der Waals surface area contributed by atoms with Crippen LogP contribution in [0.15, 0.2) is 0 Å². The summed E-state index contributed by atoms with van der Waals surface area (Å²) in [4.78, 5) is 12.7. The van der Waals surface area contributed by atoms with Gasteiger partial charge in [-0.3, -0.25) is 4.79 Å². The van der Waals surface area contributed by atoms with Crippen LogP contribution in [0.3, 0.4) is 0 Å². The van der Waals surface area contributed by atoms with E-state index in [0.717, 1.165) is 19.3 Å². The van der Waals surface area contributed by atoms with Crippen LogP contribution in [-0.4, -0.2) is 25.8 Å². The maximum absolute atomic E-state index is 12.7. The van der Waals surface area contributed by atoms with E-state index < -0.39 is 5.79 Å². The summed E-state index contributed by atoms with van der Waals surface area (Å²) < 4.78 is 11.4. The van der Waals surface area contributed by atoms with E-state index in [2.05, 4.69) is 13.8 Å². The Balaban J connectivity index is 1.90. The van der Waals surface area contributed by atoms with Gasteiger partial charge in [0.05, 0.1) is 0 Å². The first-order valence-corrected chi connectivity index (χ1v) is 8.21. The molecule has 3 aliphatic carbocycles. The molecular formula is C17H28O3. The van der Waals surface area contributed by atoms with Crippen LogP contribution in [0.5, 0.6) is 0 Å². The molecule has 114 valence electrons. The summed E-state index contributed by atoms with van der Waals surface area (Å²) in [6, 6.07) is 0. The average molecular weight is 280 g/mol. The van der Waals surface area contributed by atoms with E-state index in [4.69, 9.17) is 9.47 Å². The van der Waals surface area contributed by atoms with Crippen molar-refractivity contribution in [1.29, 1.82) is 0 Å². The maximum atomic E-state index is 12.7. The number of fused-ring (bicyclic) bond motifs is 3. The molecule has 3 heteroatoms. The molecule has 0 radical (unpaired) electrons. The maximum Gasteiger partial charge on any atom is 0.171 e. The molecular weight excluding hydrogens is 252 g/mol. The highest BCUT2D eigenvalue weighted by Crippen LogP contribution is 2.59. The Morgan fingerprint density at radius 3 is 2.55 bits per heavy atom. The molecule has 20 heavy (non-hydrogen) atoms. The van der Waals surface area contributed by atoms with Gasteiger partial charge in [0.2, 0.25) is 0 Å². The zero-order valence-corrected chi connectivity index (χ0v) is 13.2. The van der Waals surface area contributed by atoms with Crippen molar-refractivity contribution in [3.8, 4) is 0 Å². The second-order valence-corrected chi connectivity index (χ2v) is 7.17. The molecule has 3 saturated carbocycles. The van der Waals surface area contributed by atoms with Gasteiger partial charge in [-0.15, -0.1) is 0 Å². The molecule has 0 N–H and O–H groups in total. The largest absolute Gasteiger partial charge is 0.353 e. The second-order valence-electron chi connectivity index (χ2n) is 7.17. The predicted octanol–water partition coefficient (Wildman–Crippen LogP) is 3.27. The third-order valence-electron chi connectivity index (χ3n) is 6.71. The highest BCUT2D eigenvalue weighted by Gasteiger charge is 2.60. The molecule has 0 spiro atoms. The standard InChI is InChI=1S/C17H28O3/c1-5-11-10(2)8-13-12-6-7-17(19-3,20-4)14(12)9-15(18)16(11)13/h10-14,16H,5-9H2,1-4H3/t10-,11-,12+,13+,14-,16+/m0/s1. The molecule has 0 heterocycles. The third-order valence-corrected chi connectivity index (χ3v) is 6.71. The van der Waals surface area contributed by atoms with E-state index in [-0.39, 0.29) is 5.92 Å². The topological polar surface area (TPSA) is 35.5 Å². The average Bonchev–Trinajstić information content (AvgIpc) is 2.97. The lowest BCUT2D eigenvalue weighted by atomic mass is 9.65. The number of methoxy groups -OCH3 is 2. The Bertz CT molecular complexity index is 388. The van der Waals surface area contributed by atoms with Crippen molar-refractivity contribution in [3.05, 3.63) is 0 Å². The summed E-state index contributed by atoms with van der Waals surface area (Å²) in [7, 11) is 3.46. The van der Waals surface area contributed by atoms with Crippen LogP contribution in [0.2, 0.25) is 0 Å². The van der Waals surface area contributed by atoms with Gasteiger partial charge in [-0.05, 0) is 36.5 Å². The molecule has 0 saturated heterocycles. The number of hydrogen-bond donors (Lipinski definition) is 0. The van der Waals surface area contributed by atoms with Crippen LogP contribution in [0.4, 0.5) is 0 Å². The van der Waals surface area contributed by atoms with Crippen LogP contribution in [-0.2, 0) is 14.3 Å². The van der Waals surface area contributed by atoms with Crippen LogP contribution < -0.4 is 0 Å². The normalized spacial score (nSPS) is 46.3. The number of ketones is 1. The zero-order valence-electron chi connectivity index (χ0n) is 13.2. The molecule has 0 amide bonds.